The Bertz CT molecular complexity index is 1100. The van der Waals surface area contributed by atoms with Gasteiger partial charge in [-0.3, -0.25) is 0 Å². The number of ether oxygens (including phenoxy) is 1. The summed E-state index contributed by atoms with van der Waals surface area (Å²) < 4.78 is 11.8. The maximum Gasteiger partial charge on any atom is 0.373 e. The molecule has 1 aromatic carbocycles. The Morgan fingerprint density at radius 2 is 2.00 bits per heavy atom. The first-order valence-electron chi connectivity index (χ1n) is 8.09. The lowest BCUT2D eigenvalue weighted by atomic mass is 10.2. The molecule has 9 heteroatoms. The molecule has 0 spiro atoms. The molecule has 0 fully saturated rings. The normalized spacial score (nSPS) is 11.0. The van der Waals surface area contributed by atoms with Gasteiger partial charge in [-0.1, -0.05) is 34.7 Å². The van der Waals surface area contributed by atoms with Gasteiger partial charge in [0.1, 0.15) is 17.1 Å². The molecule has 0 saturated carbocycles. The first-order chi connectivity index (χ1) is 13.2. The van der Waals surface area contributed by atoms with Crippen LogP contribution in [0, 0.1) is 6.92 Å². The highest BCUT2D eigenvalue weighted by molar-refractivity contribution is 7.98. The summed E-state index contributed by atoms with van der Waals surface area (Å²) in [5.41, 5.74) is 3.29. The quantitative estimate of drug-likeness (QED) is 0.295. The van der Waals surface area contributed by atoms with Crippen LogP contribution in [-0.4, -0.2) is 38.0 Å². The zero-order valence-corrected chi connectivity index (χ0v) is 15.4. The molecule has 27 heavy (non-hydrogen) atoms. The number of furan rings is 1. The van der Waals surface area contributed by atoms with Gasteiger partial charge in [-0.15, -0.1) is 5.10 Å². The fraction of sp³-hybridized carbons (Fsp3) is 0.167. The Kier molecular flexibility index (Phi) is 4.59. The van der Waals surface area contributed by atoms with Gasteiger partial charge in [-0.2, -0.15) is 4.68 Å². The van der Waals surface area contributed by atoms with E-state index in [1.54, 1.807) is 16.8 Å². The number of thioether (sulfide) groups is 1. The van der Waals surface area contributed by atoms with Crippen molar-refractivity contribution >= 4 is 28.9 Å². The van der Waals surface area contributed by atoms with E-state index < -0.39 is 5.97 Å². The van der Waals surface area contributed by atoms with Crippen LogP contribution in [0.5, 0.6) is 0 Å². The molecule has 8 nitrogen and oxygen atoms in total. The fourth-order valence-corrected chi connectivity index (χ4v) is 3.32. The molecule has 0 bridgehead atoms. The second kappa shape index (κ2) is 7.20. The van der Waals surface area contributed by atoms with E-state index in [0.29, 0.717) is 27.7 Å². The molecule has 3 heterocycles. The summed E-state index contributed by atoms with van der Waals surface area (Å²) in [6, 6.07) is 11.3. The first-order valence-corrected chi connectivity index (χ1v) is 9.07. The van der Waals surface area contributed by atoms with Crippen LogP contribution in [0.2, 0.25) is 0 Å². The van der Waals surface area contributed by atoms with E-state index in [1.807, 2.05) is 31.2 Å². The average Bonchev–Trinajstić information content (AvgIpc) is 3.34. The number of methoxy groups -OCH3 is 1. The highest BCUT2D eigenvalue weighted by Crippen LogP contribution is 2.27. The van der Waals surface area contributed by atoms with Gasteiger partial charge >= 0.3 is 5.97 Å². The molecular formula is C18H15N5O3S. The molecule has 0 atom stereocenters. The van der Waals surface area contributed by atoms with Crippen molar-refractivity contribution in [2.24, 2.45) is 0 Å². The predicted octanol–water partition coefficient (Wildman–Crippen LogP) is 3.19. The number of nitrogens with zero attached hydrogens (tertiary/aromatic N) is 5. The molecule has 0 saturated heterocycles. The van der Waals surface area contributed by atoms with Crippen LogP contribution in [0.3, 0.4) is 0 Å². The molecule has 0 unspecified atom stereocenters. The highest BCUT2D eigenvalue weighted by atomic mass is 32.2. The van der Waals surface area contributed by atoms with E-state index in [9.17, 15) is 4.79 Å². The summed E-state index contributed by atoms with van der Waals surface area (Å²) in [6.07, 6.45) is 1.49. The number of benzene rings is 1. The summed E-state index contributed by atoms with van der Waals surface area (Å²) in [5.74, 6) is 0.793. The summed E-state index contributed by atoms with van der Waals surface area (Å²) in [5, 5.41) is 9.14. The predicted molar refractivity (Wildman–Crippen MR) is 98.8 cm³/mol. The lowest BCUT2D eigenvalue weighted by Gasteiger charge is -2.02. The molecule has 4 rings (SSSR count). The van der Waals surface area contributed by atoms with Crippen LogP contribution in [0.4, 0.5) is 0 Å². The van der Waals surface area contributed by atoms with Crippen molar-refractivity contribution in [1.29, 1.82) is 0 Å². The number of hydrogen-bond acceptors (Lipinski definition) is 8. The molecule has 0 aliphatic heterocycles. The molecular weight excluding hydrogens is 366 g/mol. The zero-order valence-electron chi connectivity index (χ0n) is 14.6. The Balaban J connectivity index is 1.59. The number of hydrogen-bond donors (Lipinski definition) is 0. The Hall–Kier alpha value is -3.20. The molecule has 136 valence electrons. The van der Waals surface area contributed by atoms with Crippen LogP contribution in [0.15, 0.2) is 52.2 Å². The number of rotatable bonds is 5. The smallest absolute Gasteiger partial charge is 0.373 e. The van der Waals surface area contributed by atoms with Crippen molar-refractivity contribution in [1.82, 2.24) is 25.0 Å². The van der Waals surface area contributed by atoms with Gasteiger partial charge in [0.2, 0.25) is 5.76 Å². The summed E-state index contributed by atoms with van der Waals surface area (Å²) in [6.45, 7) is 2.03. The topological polar surface area (TPSA) is 95.9 Å². The summed E-state index contributed by atoms with van der Waals surface area (Å²) >= 11 is 1.43. The van der Waals surface area contributed by atoms with Gasteiger partial charge in [0, 0.05) is 0 Å². The third kappa shape index (κ3) is 3.41. The molecule has 0 aliphatic carbocycles. The SMILES string of the molecule is COC(=O)c1ccc(CSc2ncnc3c2nnn3-c2ccc(C)cc2)o1. The van der Waals surface area contributed by atoms with Crippen molar-refractivity contribution in [3.05, 3.63) is 59.8 Å². The molecule has 0 N–H and O–H groups in total. The number of aryl methyl sites for hydroxylation is 1. The minimum atomic E-state index is -0.503. The van der Waals surface area contributed by atoms with Gasteiger partial charge in [-0.25, -0.2) is 14.8 Å². The van der Waals surface area contributed by atoms with Crippen molar-refractivity contribution < 1.29 is 13.9 Å². The van der Waals surface area contributed by atoms with E-state index in [2.05, 4.69) is 25.0 Å². The van der Waals surface area contributed by atoms with Gasteiger partial charge in [0.25, 0.3) is 0 Å². The minimum Gasteiger partial charge on any atom is -0.463 e. The van der Waals surface area contributed by atoms with Crippen LogP contribution < -0.4 is 0 Å². The van der Waals surface area contributed by atoms with Gasteiger partial charge in [0.15, 0.2) is 11.2 Å². The minimum absolute atomic E-state index is 0.172. The number of esters is 1. The maximum atomic E-state index is 11.5. The summed E-state index contributed by atoms with van der Waals surface area (Å²) in [4.78, 5) is 20.1. The molecule has 3 aromatic heterocycles. The van der Waals surface area contributed by atoms with Gasteiger partial charge < -0.3 is 9.15 Å². The largest absolute Gasteiger partial charge is 0.463 e. The maximum absolute atomic E-state index is 11.5. The van der Waals surface area contributed by atoms with Crippen LogP contribution in [0.1, 0.15) is 21.9 Å². The van der Waals surface area contributed by atoms with Crippen molar-refractivity contribution in [3.63, 3.8) is 0 Å². The van der Waals surface area contributed by atoms with Crippen LogP contribution >= 0.6 is 11.8 Å². The highest BCUT2D eigenvalue weighted by Gasteiger charge is 2.15. The molecule has 0 amide bonds. The third-order valence-electron chi connectivity index (χ3n) is 3.88. The van der Waals surface area contributed by atoms with Gasteiger partial charge in [-0.05, 0) is 31.2 Å². The van der Waals surface area contributed by atoms with Crippen LogP contribution in [-0.2, 0) is 10.5 Å². The van der Waals surface area contributed by atoms with E-state index in [4.69, 9.17) is 4.42 Å². The number of aromatic nitrogens is 5. The lowest BCUT2D eigenvalue weighted by Crippen LogP contribution is -1.98. The van der Waals surface area contributed by atoms with Crippen molar-refractivity contribution in [2.45, 2.75) is 17.7 Å². The Labute approximate surface area is 158 Å². The standard InChI is InChI=1S/C18H15N5O3S/c1-11-3-5-12(6-4-11)23-16-15(21-22-23)17(20-10-19-16)27-9-13-7-8-14(26-13)18(24)25-2/h3-8,10H,9H2,1-2H3. The molecule has 0 aliphatic rings. The lowest BCUT2D eigenvalue weighted by molar-refractivity contribution is 0.0563. The van der Waals surface area contributed by atoms with E-state index in [1.165, 1.54) is 30.8 Å². The van der Waals surface area contributed by atoms with Crippen molar-refractivity contribution in [3.8, 4) is 5.69 Å². The van der Waals surface area contributed by atoms with Crippen molar-refractivity contribution in [2.75, 3.05) is 7.11 Å². The zero-order chi connectivity index (χ0) is 18.8. The van der Waals surface area contributed by atoms with E-state index in [-0.39, 0.29) is 5.76 Å². The second-order valence-corrected chi connectivity index (χ2v) is 6.70. The number of carbonyl (C=O) groups is 1. The van der Waals surface area contributed by atoms with Gasteiger partial charge in [0.05, 0.1) is 18.6 Å². The fourth-order valence-electron chi connectivity index (χ4n) is 2.50. The second-order valence-electron chi connectivity index (χ2n) is 5.73. The first kappa shape index (κ1) is 17.2. The summed E-state index contributed by atoms with van der Waals surface area (Å²) in [7, 11) is 1.31. The average molecular weight is 381 g/mol. The Morgan fingerprint density at radius 3 is 2.78 bits per heavy atom. The van der Waals surface area contributed by atoms with Crippen LogP contribution in [0.25, 0.3) is 16.9 Å². The molecule has 0 radical (unpaired) electrons. The van der Waals surface area contributed by atoms with E-state index >= 15 is 0 Å². The third-order valence-corrected chi connectivity index (χ3v) is 4.88. The number of carbonyl (C=O) groups excluding carboxylic acids is 1. The molecule has 4 aromatic rings. The monoisotopic (exact) mass is 381 g/mol. The number of fused-ring (bicyclic) bond motifs is 1. The Morgan fingerprint density at radius 1 is 1.19 bits per heavy atom. The van der Waals surface area contributed by atoms with E-state index in [0.717, 1.165) is 5.69 Å².